The summed E-state index contributed by atoms with van der Waals surface area (Å²) in [7, 11) is 1.40. The number of hydrogen-bond donors (Lipinski definition) is 2. The number of methoxy groups -OCH3 is 1. The predicted octanol–water partition coefficient (Wildman–Crippen LogP) is 3.25. The van der Waals surface area contributed by atoms with E-state index in [-0.39, 0.29) is 17.2 Å². The van der Waals surface area contributed by atoms with E-state index in [1.165, 1.54) is 19.4 Å². The van der Waals surface area contributed by atoms with Crippen LogP contribution in [0.3, 0.4) is 0 Å². The van der Waals surface area contributed by atoms with Gasteiger partial charge >= 0.3 is 0 Å². The summed E-state index contributed by atoms with van der Waals surface area (Å²) in [5, 5.41) is 13.9. The van der Waals surface area contributed by atoms with Crippen molar-refractivity contribution in [1.29, 1.82) is 0 Å². The Bertz CT molecular complexity index is 899. The van der Waals surface area contributed by atoms with E-state index in [0.29, 0.717) is 10.8 Å². The molecule has 23 heavy (non-hydrogen) atoms. The number of nitrogens with zero attached hydrogens (tertiary/aromatic N) is 2. The van der Waals surface area contributed by atoms with Crippen molar-refractivity contribution in [3.05, 3.63) is 53.4 Å². The number of aromatic hydroxyl groups is 1. The lowest BCUT2D eigenvalue weighted by Crippen LogP contribution is -2.14. The first-order valence-electron chi connectivity index (χ1n) is 6.68. The molecule has 0 atom stereocenters. The fourth-order valence-corrected chi connectivity index (χ4v) is 2.29. The maximum atomic E-state index is 12.3. The number of amides is 1. The van der Waals surface area contributed by atoms with Crippen molar-refractivity contribution >= 4 is 34.1 Å². The highest BCUT2D eigenvalue weighted by Crippen LogP contribution is 2.28. The van der Waals surface area contributed by atoms with Crippen molar-refractivity contribution in [2.75, 3.05) is 12.4 Å². The third-order valence-electron chi connectivity index (χ3n) is 3.24. The molecular formula is C16H12ClN3O3. The molecule has 0 unspecified atom stereocenters. The van der Waals surface area contributed by atoms with Gasteiger partial charge in [-0.15, -0.1) is 0 Å². The minimum atomic E-state index is -0.539. The van der Waals surface area contributed by atoms with Gasteiger partial charge in [-0.2, -0.15) is 0 Å². The highest BCUT2D eigenvalue weighted by Gasteiger charge is 2.17. The van der Waals surface area contributed by atoms with Crippen LogP contribution in [0.25, 0.3) is 10.9 Å². The van der Waals surface area contributed by atoms with Gasteiger partial charge in [-0.1, -0.05) is 11.6 Å². The van der Waals surface area contributed by atoms with Gasteiger partial charge in [0, 0.05) is 23.3 Å². The highest BCUT2D eigenvalue weighted by atomic mass is 35.5. The highest BCUT2D eigenvalue weighted by molar-refractivity contribution is 6.29. The Hall–Kier alpha value is -2.86. The molecule has 7 heteroatoms. The van der Waals surface area contributed by atoms with E-state index in [0.717, 1.165) is 10.9 Å². The first-order valence-corrected chi connectivity index (χ1v) is 7.06. The number of halogens is 1. The molecule has 3 rings (SSSR count). The summed E-state index contributed by atoms with van der Waals surface area (Å²) >= 11 is 5.84. The van der Waals surface area contributed by atoms with Gasteiger partial charge < -0.3 is 15.2 Å². The Morgan fingerprint density at radius 3 is 2.87 bits per heavy atom. The molecule has 0 bridgehead atoms. The lowest BCUT2D eigenvalue weighted by atomic mass is 10.2. The third kappa shape index (κ3) is 3.02. The molecule has 0 fully saturated rings. The van der Waals surface area contributed by atoms with E-state index in [4.69, 9.17) is 16.3 Å². The molecule has 2 N–H and O–H groups in total. The molecule has 1 aromatic carbocycles. The van der Waals surface area contributed by atoms with Crippen LogP contribution in [0.4, 0.5) is 5.69 Å². The normalized spacial score (nSPS) is 10.5. The number of fused-ring (bicyclic) bond motifs is 1. The van der Waals surface area contributed by atoms with E-state index in [1.807, 2.05) is 6.07 Å². The van der Waals surface area contributed by atoms with Gasteiger partial charge in [0.25, 0.3) is 5.91 Å². The molecule has 0 saturated carbocycles. The van der Waals surface area contributed by atoms with E-state index in [2.05, 4.69) is 15.3 Å². The number of ether oxygens (including phenoxy) is 1. The van der Waals surface area contributed by atoms with Crippen LogP contribution in [0.2, 0.25) is 5.15 Å². The van der Waals surface area contributed by atoms with Crippen molar-refractivity contribution in [1.82, 2.24) is 9.97 Å². The van der Waals surface area contributed by atoms with E-state index >= 15 is 0 Å². The standard InChI is InChI=1S/C16H12ClN3O3/c1-23-12-6-7-18-14(15(12)21)16(22)19-10-3-4-11-9(8-10)2-5-13(17)20-11/h2-8,21H,1H3,(H,19,22). The number of carbonyl (C=O) groups is 1. The Balaban J connectivity index is 1.90. The van der Waals surface area contributed by atoms with Crippen molar-refractivity contribution < 1.29 is 14.6 Å². The van der Waals surface area contributed by atoms with Crippen LogP contribution < -0.4 is 10.1 Å². The third-order valence-corrected chi connectivity index (χ3v) is 3.45. The number of nitrogens with one attached hydrogen (secondary N) is 1. The summed E-state index contributed by atoms with van der Waals surface area (Å²) in [6.07, 6.45) is 1.39. The minimum absolute atomic E-state index is 0.112. The van der Waals surface area contributed by atoms with Crippen LogP contribution in [0.5, 0.6) is 11.5 Å². The Kier molecular flexibility index (Phi) is 3.99. The summed E-state index contributed by atoms with van der Waals surface area (Å²) in [6.45, 7) is 0. The average molecular weight is 330 g/mol. The van der Waals surface area contributed by atoms with Gasteiger partial charge in [0.15, 0.2) is 17.2 Å². The lowest BCUT2D eigenvalue weighted by molar-refractivity contribution is 0.101. The number of anilines is 1. The largest absolute Gasteiger partial charge is 0.503 e. The Morgan fingerprint density at radius 1 is 1.26 bits per heavy atom. The fourth-order valence-electron chi connectivity index (χ4n) is 2.14. The van der Waals surface area contributed by atoms with Crippen molar-refractivity contribution in [3.8, 4) is 11.5 Å². The van der Waals surface area contributed by atoms with Gasteiger partial charge in [0.1, 0.15) is 5.15 Å². The number of pyridine rings is 2. The van der Waals surface area contributed by atoms with Gasteiger partial charge in [-0.05, 0) is 30.3 Å². The molecule has 0 aliphatic carbocycles. The SMILES string of the molecule is COc1ccnc(C(=O)Nc2ccc3nc(Cl)ccc3c2)c1O. The maximum absolute atomic E-state index is 12.3. The van der Waals surface area contributed by atoms with Crippen molar-refractivity contribution in [2.45, 2.75) is 0 Å². The predicted molar refractivity (Wildman–Crippen MR) is 87.2 cm³/mol. The zero-order chi connectivity index (χ0) is 16.4. The van der Waals surface area contributed by atoms with E-state index in [9.17, 15) is 9.90 Å². The summed E-state index contributed by atoms with van der Waals surface area (Å²) < 4.78 is 4.96. The molecule has 6 nitrogen and oxygen atoms in total. The zero-order valence-electron chi connectivity index (χ0n) is 12.1. The van der Waals surface area contributed by atoms with Crippen molar-refractivity contribution in [2.24, 2.45) is 0 Å². The molecule has 116 valence electrons. The van der Waals surface area contributed by atoms with Crippen LogP contribution in [-0.4, -0.2) is 28.1 Å². The summed E-state index contributed by atoms with van der Waals surface area (Å²) in [5.74, 6) is -0.660. The molecule has 0 aliphatic heterocycles. The fraction of sp³-hybridized carbons (Fsp3) is 0.0625. The smallest absolute Gasteiger partial charge is 0.278 e. The van der Waals surface area contributed by atoms with Gasteiger partial charge in [0.2, 0.25) is 0 Å². The molecular weight excluding hydrogens is 318 g/mol. The number of carbonyl (C=O) groups excluding carboxylic acids is 1. The molecule has 0 spiro atoms. The van der Waals surface area contributed by atoms with Crippen molar-refractivity contribution in [3.63, 3.8) is 0 Å². The average Bonchev–Trinajstić information content (AvgIpc) is 2.55. The number of aromatic nitrogens is 2. The monoisotopic (exact) mass is 329 g/mol. The second kappa shape index (κ2) is 6.10. The van der Waals surface area contributed by atoms with Crippen LogP contribution >= 0.6 is 11.6 Å². The first-order chi connectivity index (χ1) is 11.1. The first kappa shape index (κ1) is 15.1. The molecule has 2 heterocycles. The number of hydrogen-bond acceptors (Lipinski definition) is 5. The summed E-state index contributed by atoms with van der Waals surface area (Å²) in [6, 6.07) is 10.1. The maximum Gasteiger partial charge on any atom is 0.278 e. The second-order valence-corrected chi connectivity index (χ2v) is 5.09. The lowest BCUT2D eigenvalue weighted by Gasteiger charge is -2.09. The minimum Gasteiger partial charge on any atom is -0.503 e. The van der Waals surface area contributed by atoms with Gasteiger partial charge in [-0.3, -0.25) is 4.79 Å². The second-order valence-electron chi connectivity index (χ2n) is 4.71. The molecule has 0 saturated heterocycles. The molecule has 0 radical (unpaired) electrons. The number of rotatable bonds is 3. The molecule has 1 amide bonds. The topological polar surface area (TPSA) is 84.3 Å². The molecule has 0 aliphatic rings. The van der Waals surface area contributed by atoms with Crippen LogP contribution in [0, 0.1) is 0 Å². The summed E-state index contributed by atoms with van der Waals surface area (Å²) in [4.78, 5) is 20.3. The zero-order valence-corrected chi connectivity index (χ0v) is 12.8. The number of benzene rings is 1. The Morgan fingerprint density at radius 2 is 2.09 bits per heavy atom. The quantitative estimate of drug-likeness (QED) is 0.720. The van der Waals surface area contributed by atoms with Gasteiger partial charge in [-0.25, -0.2) is 9.97 Å². The Labute approximate surface area is 136 Å². The van der Waals surface area contributed by atoms with E-state index in [1.54, 1.807) is 24.3 Å². The van der Waals surface area contributed by atoms with E-state index < -0.39 is 5.91 Å². The van der Waals surface area contributed by atoms with Gasteiger partial charge in [0.05, 0.1) is 12.6 Å². The van der Waals surface area contributed by atoms with Crippen LogP contribution in [0.15, 0.2) is 42.6 Å². The van der Waals surface area contributed by atoms with Crippen LogP contribution in [-0.2, 0) is 0 Å². The van der Waals surface area contributed by atoms with Crippen LogP contribution in [0.1, 0.15) is 10.5 Å². The summed E-state index contributed by atoms with van der Waals surface area (Å²) in [5.41, 5.74) is 1.16. The molecule has 3 aromatic rings. The molecule has 2 aromatic heterocycles.